The van der Waals surface area contributed by atoms with E-state index in [1.165, 1.54) is 18.2 Å². The topological polar surface area (TPSA) is 66.5 Å². The Morgan fingerprint density at radius 2 is 1.53 bits per heavy atom. The van der Waals surface area contributed by atoms with Crippen LogP contribution in [-0.4, -0.2) is 33.2 Å². The zero-order valence-electron chi connectivity index (χ0n) is 17.5. The van der Waals surface area contributed by atoms with Gasteiger partial charge in [0.15, 0.2) is 0 Å². The lowest BCUT2D eigenvalue weighted by molar-refractivity contribution is -0.119. The number of hydrogen-bond donors (Lipinski definition) is 1. The molecule has 3 aromatic rings. The quantitative estimate of drug-likeness (QED) is 0.419. The van der Waals surface area contributed by atoms with E-state index in [1.54, 1.807) is 78.5 Å². The molecule has 3 rings (SSSR count). The molecule has 0 saturated heterocycles. The van der Waals surface area contributed by atoms with Crippen LogP contribution in [0.1, 0.15) is 12.0 Å². The number of thioether (sulfide) groups is 1. The predicted octanol–water partition coefficient (Wildman–Crippen LogP) is 4.46. The fraction of sp³-hybridized carbons (Fsp3) is 0.208. The minimum Gasteiger partial charge on any atom is -0.354 e. The second-order valence-corrected chi connectivity index (χ2v) is 9.98. The Balaban J connectivity index is 1.54. The summed E-state index contributed by atoms with van der Waals surface area (Å²) >= 11 is 1.59. The predicted molar refractivity (Wildman–Crippen MR) is 128 cm³/mol. The maximum absolute atomic E-state index is 13.6. The summed E-state index contributed by atoms with van der Waals surface area (Å²) in [5, 5.41) is 2.78. The number of para-hydroxylation sites is 1. The number of rotatable bonds is 11. The van der Waals surface area contributed by atoms with E-state index in [0.717, 1.165) is 10.1 Å². The lowest BCUT2D eigenvalue weighted by Gasteiger charge is -2.24. The third-order valence-corrected chi connectivity index (χ3v) is 7.55. The highest BCUT2D eigenvalue weighted by atomic mass is 32.2. The van der Waals surface area contributed by atoms with Gasteiger partial charge in [-0.25, -0.2) is 12.8 Å². The average Bonchev–Trinajstić information content (AvgIpc) is 2.82. The van der Waals surface area contributed by atoms with Gasteiger partial charge in [-0.1, -0.05) is 54.6 Å². The van der Waals surface area contributed by atoms with Crippen molar-refractivity contribution in [1.29, 1.82) is 0 Å². The second kappa shape index (κ2) is 11.7. The highest BCUT2D eigenvalue weighted by Crippen LogP contribution is 2.23. The van der Waals surface area contributed by atoms with Crippen molar-refractivity contribution in [1.82, 2.24) is 5.32 Å². The van der Waals surface area contributed by atoms with Crippen LogP contribution in [0.25, 0.3) is 0 Å². The van der Waals surface area contributed by atoms with Crippen LogP contribution in [0.15, 0.2) is 89.8 Å². The molecule has 0 bridgehead atoms. The fourth-order valence-electron chi connectivity index (χ4n) is 3.01. The molecular formula is C24H25FN2O3S2. The first kappa shape index (κ1) is 23.8. The van der Waals surface area contributed by atoms with E-state index in [0.29, 0.717) is 30.0 Å². The van der Waals surface area contributed by atoms with Gasteiger partial charge < -0.3 is 5.32 Å². The molecule has 0 atom stereocenters. The van der Waals surface area contributed by atoms with E-state index in [2.05, 4.69) is 5.32 Å². The van der Waals surface area contributed by atoms with Crippen LogP contribution in [-0.2, 0) is 20.6 Å². The average molecular weight is 473 g/mol. The van der Waals surface area contributed by atoms with Gasteiger partial charge in [0.2, 0.25) is 5.91 Å². The van der Waals surface area contributed by atoms with Crippen LogP contribution >= 0.6 is 11.8 Å². The summed E-state index contributed by atoms with van der Waals surface area (Å²) in [4.78, 5) is 12.7. The molecule has 168 valence electrons. The largest absolute Gasteiger partial charge is 0.354 e. The number of carbonyl (C=O) groups excluding carboxylic acids is 1. The molecule has 0 saturated carbocycles. The normalized spacial score (nSPS) is 11.2. The van der Waals surface area contributed by atoms with Crippen molar-refractivity contribution < 1.29 is 17.6 Å². The Morgan fingerprint density at radius 1 is 0.906 bits per heavy atom. The van der Waals surface area contributed by atoms with Gasteiger partial charge in [-0.3, -0.25) is 9.10 Å². The van der Waals surface area contributed by atoms with Gasteiger partial charge in [0.05, 0.1) is 10.6 Å². The van der Waals surface area contributed by atoms with Crippen LogP contribution in [0, 0.1) is 5.82 Å². The minimum atomic E-state index is -3.89. The van der Waals surface area contributed by atoms with Crippen molar-refractivity contribution in [3.05, 3.63) is 96.3 Å². The van der Waals surface area contributed by atoms with Gasteiger partial charge in [-0.15, -0.1) is 0 Å². The van der Waals surface area contributed by atoms with E-state index >= 15 is 0 Å². The molecule has 0 aromatic heterocycles. The molecule has 0 aliphatic rings. The summed E-state index contributed by atoms with van der Waals surface area (Å²) < 4.78 is 41.1. The molecule has 0 heterocycles. The first-order valence-corrected chi connectivity index (χ1v) is 12.8. The first-order chi connectivity index (χ1) is 15.5. The Morgan fingerprint density at radius 3 is 2.22 bits per heavy atom. The van der Waals surface area contributed by atoms with Crippen LogP contribution in [0.3, 0.4) is 0 Å². The van der Waals surface area contributed by atoms with Crippen molar-refractivity contribution in [2.45, 2.75) is 17.1 Å². The molecule has 1 amide bonds. The zero-order valence-corrected chi connectivity index (χ0v) is 19.1. The highest BCUT2D eigenvalue weighted by molar-refractivity contribution is 7.98. The van der Waals surface area contributed by atoms with Gasteiger partial charge in [0, 0.05) is 12.3 Å². The number of nitrogens with one attached hydrogen (secondary N) is 1. The van der Waals surface area contributed by atoms with Gasteiger partial charge in [0.1, 0.15) is 12.4 Å². The summed E-state index contributed by atoms with van der Waals surface area (Å²) in [5.41, 5.74) is 1.08. The number of hydrogen-bond acceptors (Lipinski definition) is 4. The molecule has 0 unspecified atom stereocenters. The number of halogens is 1. The number of sulfonamides is 1. The summed E-state index contributed by atoms with van der Waals surface area (Å²) in [7, 11) is -3.89. The SMILES string of the molecule is O=C(CN(c1ccccc1)S(=O)(=O)c1ccccc1)NCCCSCc1ccccc1F. The van der Waals surface area contributed by atoms with E-state index in [9.17, 15) is 17.6 Å². The number of anilines is 1. The molecule has 0 radical (unpaired) electrons. The van der Waals surface area contributed by atoms with Crippen molar-refractivity contribution >= 4 is 33.4 Å². The van der Waals surface area contributed by atoms with E-state index in [1.807, 2.05) is 0 Å². The molecule has 1 N–H and O–H groups in total. The summed E-state index contributed by atoms with van der Waals surface area (Å²) in [6.45, 7) is 0.0979. The van der Waals surface area contributed by atoms with E-state index < -0.39 is 10.0 Å². The van der Waals surface area contributed by atoms with Gasteiger partial charge in [-0.05, 0) is 48.1 Å². The fourth-order valence-corrected chi connectivity index (χ4v) is 5.40. The molecule has 8 heteroatoms. The van der Waals surface area contributed by atoms with Crippen molar-refractivity contribution in [2.75, 3.05) is 23.1 Å². The summed E-state index contributed by atoms with van der Waals surface area (Å²) in [6.07, 6.45) is 0.696. The standard InChI is InChI=1S/C24H25FN2O3S2/c25-23-15-8-7-10-20(23)19-31-17-9-16-26-24(28)18-27(21-11-3-1-4-12-21)32(29,30)22-13-5-2-6-14-22/h1-8,10-15H,9,16-19H2,(H,26,28). The third-order valence-electron chi connectivity index (χ3n) is 4.67. The maximum atomic E-state index is 13.6. The Bertz CT molecular complexity index is 1110. The molecule has 0 aliphatic carbocycles. The monoisotopic (exact) mass is 472 g/mol. The molecule has 0 spiro atoms. The van der Waals surface area contributed by atoms with Crippen LogP contribution in [0.2, 0.25) is 0 Å². The number of benzene rings is 3. The smallest absolute Gasteiger partial charge is 0.264 e. The van der Waals surface area contributed by atoms with Gasteiger partial charge >= 0.3 is 0 Å². The van der Waals surface area contributed by atoms with Crippen molar-refractivity contribution in [2.24, 2.45) is 0 Å². The van der Waals surface area contributed by atoms with Crippen LogP contribution < -0.4 is 9.62 Å². The van der Waals surface area contributed by atoms with Gasteiger partial charge in [-0.2, -0.15) is 11.8 Å². The number of carbonyl (C=O) groups is 1. The minimum absolute atomic E-state index is 0.126. The lowest BCUT2D eigenvalue weighted by atomic mass is 10.2. The molecule has 32 heavy (non-hydrogen) atoms. The van der Waals surface area contributed by atoms with Crippen molar-refractivity contribution in [3.8, 4) is 0 Å². The molecule has 5 nitrogen and oxygen atoms in total. The Labute approximate surface area is 192 Å². The summed E-state index contributed by atoms with van der Waals surface area (Å²) in [6, 6.07) is 23.3. The lowest BCUT2D eigenvalue weighted by Crippen LogP contribution is -2.41. The molecule has 3 aromatic carbocycles. The van der Waals surface area contributed by atoms with E-state index in [4.69, 9.17) is 0 Å². The molecule has 0 fully saturated rings. The van der Waals surface area contributed by atoms with Gasteiger partial charge in [0.25, 0.3) is 10.0 Å². The van der Waals surface area contributed by atoms with Crippen LogP contribution in [0.4, 0.5) is 10.1 Å². The first-order valence-electron chi connectivity index (χ1n) is 10.2. The van der Waals surface area contributed by atoms with E-state index in [-0.39, 0.29) is 23.2 Å². The third kappa shape index (κ3) is 6.58. The Kier molecular flexibility index (Phi) is 8.70. The molecule has 0 aliphatic heterocycles. The van der Waals surface area contributed by atoms with Crippen molar-refractivity contribution in [3.63, 3.8) is 0 Å². The number of amides is 1. The highest BCUT2D eigenvalue weighted by Gasteiger charge is 2.26. The summed E-state index contributed by atoms with van der Waals surface area (Å²) in [5.74, 6) is 0.721. The Hall–Kier alpha value is -2.84. The molecular weight excluding hydrogens is 447 g/mol. The number of nitrogens with zero attached hydrogens (tertiary/aromatic N) is 1. The maximum Gasteiger partial charge on any atom is 0.264 e. The van der Waals surface area contributed by atoms with Crippen LogP contribution in [0.5, 0.6) is 0 Å². The second-order valence-electron chi connectivity index (χ2n) is 7.01. The zero-order chi connectivity index (χ0) is 22.8.